The highest BCUT2D eigenvalue weighted by Gasteiger charge is 2.29. The van der Waals surface area contributed by atoms with E-state index in [2.05, 4.69) is 25.9 Å². The van der Waals surface area contributed by atoms with Crippen LogP contribution >= 0.6 is 0 Å². The summed E-state index contributed by atoms with van der Waals surface area (Å²) in [5.74, 6) is -2.28. The summed E-state index contributed by atoms with van der Waals surface area (Å²) in [6.07, 6.45) is 8.14. The first-order chi connectivity index (χ1) is 19.6. The van der Waals surface area contributed by atoms with Gasteiger partial charge in [0.05, 0.1) is 0 Å². The largest absolute Gasteiger partial charge is 0.494 e. The fourth-order valence-electron chi connectivity index (χ4n) is 3.94. The first-order valence-electron chi connectivity index (χ1n) is 13.2. The lowest BCUT2D eigenvalue weighted by Gasteiger charge is -2.25. The lowest BCUT2D eigenvalue weighted by atomic mass is 10.0. The Hall–Kier alpha value is -5.01. The molecule has 1 aliphatic carbocycles. The number of aliphatic hydroxyl groups is 1. The van der Waals surface area contributed by atoms with Gasteiger partial charge in [-0.25, -0.2) is 0 Å². The molecule has 1 aromatic rings. The third-order valence-corrected chi connectivity index (χ3v) is 6.03. The maximum absolute atomic E-state index is 13.4. The zero-order chi connectivity index (χ0) is 30.2. The summed E-state index contributed by atoms with van der Waals surface area (Å²) in [4.78, 5) is 46.8. The summed E-state index contributed by atoms with van der Waals surface area (Å²) in [6.45, 7) is 0.476. The molecular weight excluding hydrogens is 528 g/mol. The van der Waals surface area contributed by atoms with Gasteiger partial charge >= 0.3 is 0 Å². The molecule has 14 N–H and O–H groups in total. The van der Waals surface area contributed by atoms with Crippen LogP contribution in [0.25, 0.3) is 0 Å². The van der Waals surface area contributed by atoms with Crippen LogP contribution < -0.4 is 44.6 Å². The lowest BCUT2D eigenvalue weighted by molar-refractivity contribution is -0.132. The van der Waals surface area contributed by atoms with Crippen molar-refractivity contribution in [2.75, 3.05) is 13.1 Å². The second-order valence-corrected chi connectivity index (χ2v) is 9.33. The normalized spacial score (nSPS) is 13.9. The van der Waals surface area contributed by atoms with Crippen LogP contribution in [0.3, 0.4) is 0 Å². The van der Waals surface area contributed by atoms with Crippen LogP contribution in [0, 0.1) is 0 Å². The van der Waals surface area contributed by atoms with E-state index < -0.39 is 35.8 Å². The Labute approximate surface area is 238 Å². The lowest BCUT2D eigenvalue weighted by Crippen LogP contribution is -2.56. The van der Waals surface area contributed by atoms with Crippen LogP contribution in [-0.2, 0) is 20.8 Å². The molecule has 0 bridgehead atoms. The minimum atomic E-state index is -1.06. The van der Waals surface area contributed by atoms with E-state index in [1.807, 2.05) is 30.3 Å². The van der Waals surface area contributed by atoms with Gasteiger partial charge in [0.15, 0.2) is 17.8 Å². The molecular formula is C27H40N10O4. The molecule has 3 amide bonds. The Kier molecular flexibility index (Phi) is 13.2. The Morgan fingerprint density at radius 3 is 1.71 bits per heavy atom. The zero-order valence-corrected chi connectivity index (χ0v) is 22.8. The number of primary amides is 1. The van der Waals surface area contributed by atoms with Crippen molar-refractivity contribution in [1.29, 1.82) is 0 Å². The molecule has 1 aliphatic rings. The molecule has 0 saturated heterocycles. The number of amides is 3. The number of carbonyl (C=O) groups excluding carboxylic acids is 3. The average molecular weight is 569 g/mol. The van der Waals surface area contributed by atoms with Crippen molar-refractivity contribution in [3.8, 4) is 0 Å². The third-order valence-electron chi connectivity index (χ3n) is 6.03. The number of nitrogens with two attached hydrogens (primary N) is 5. The molecule has 0 aromatic heterocycles. The SMILES string of the molecule is NC(=O)[C@H](Cc1ccccc1)NC(=O)[C@H](CCCN=C(N)N)NC(=O)[C@H](CCCN=C(N)N)NC(O)=C1C=CC=C1. The predicted molar refractivity (Wildman–Crippen MR) is 158 cm³/mol. The number of hydrogen-bond acceptors (Lipinski definition) is 7. The van der Waals surface area contributed by atoms with Crippen molar-refractivity contribution in [3.63, 3.8) is 0 Å². The van der Waals surface area contributed by atoms with Gasteiger partial charge in [0, 0.05) is 25.1 Å². The van der Waals surface area contributed by atoms with Crippen LogP contribution in [0.1, 0.15) is 31.2 Å². The van der Waals surface area contributed by atoms with Crippen molar-refractivity contribution in [2.24, 2.45) is 38.7 Å². The number of nitrogens with one attached hydrogen (secondary N) is 3. The number of aliphatic imine (C=N–C) groups is 2. The molecule has 2 rings (SSSR count). The van der Waals surface area contributed by atoms with Gasteiger partial charge < -0.3 is 49.7 Å². The van der Waals surface area contributed by atoms with Crippen LogP contribution in [0.15, 0.2) is 76.1 Å². The maximum atomic E-state index is 13.4. The van der Waals surface area contributed by atoms with E-state index in [1.54, 1.807) is 24.3 Å². The summed E-state index contributed by atoms with van der Waals surface area (Å²) in [6, 6.07) is 6.06. The number of nitrogens with zero attached hydrogens (tertiary/aromatic N) is 2. The first-order valence-corrected chi connectivity index (χ1v) is 13.2. The Morgan fingerprint density at radius 1 is 0.732 bits per heavy atom. The number of benzene rings is 1. The molecule has 0 radical (unpaired) electrons. The number of rotatable bonds is 17. The van der Waals surface area contributed by atoms with E-state index >= 15 is 0 Å². The minimum Gasteiger partial charge on any atom is -0.494 e. The van der Waals surface area contributed by atoms with E-state index in [0.717, 1.165) is 5.56 Å². The molecule has 0 fully saturated rings. The molecule has 222 valence electrons. The van der Waals surface area contributed by atoms with Crippen molar-refractivity contribution in [2.45, 2.75) is 50.2 Å². The molecule has 0 unspecified atom stereocenters. The van der Waals surface area contributed by atoms with Crippen molar-refractivity contribution >= 4 is 29.6 Å². The number of aliphatic hydroxyl groups excluding tert-OH is 1. The van der Waals surface area contributed by atoms with Crippen LogP contribution in [-0.4, -0.2) is 66.0 Å². The highest BCUT2D eigenvalue weighted by atomic mass is 16.3. The zero-order valence-electron chi connectivity index (χ0n) is 22.8. The van der Waals surface area contributed by atoms with Crippen LogP contribution in [0.2, 0.25) is 0 Å². The Balaban J connectivity index is 2.21. The van der Waals surface area contributed by atoms with E-state index in [0.29, 0.717) is 18.4 Å². The minimum absolute atomic E-state index is 0.0813. The van der Waals surface area contributed by atoms with E-state index in [9.17, 15) is 19.5 Å². The molecule has 14 heteroatoms. The summed E-state index contributed by atoms with van der Waals surface area (Å²) in [7, 11) is 0. The van der Waals surface area contributed by atoms with Gasteiger partial charge in [-0.2, -0.15) is 0 Å². The van der Waals surface area contributed by atoms with Gasteiger partial charge in [0.25, 0.3) is 0 Å². The van der Waals surface area contributed by atoms with E-state index in [-0.39, 0.29) is 50.2 Å². The molecule has 41 heavy (non-hydrogen) atoms. The fraction of sp³-hybridized carbons (Fsp3) is 0.370. The topological polar surface area (TPSA) is 262 Å². The summed E-state index contributed by atoms with van der Waals surface area (Å²) < 4.78 is 0. The van der Waals surface area contributed by atoms with Gasteiger partial charge in [-0.05, 0) is 43.4 Å². The predicted octanol–water partition coefficient (Wildman–Crippen LogP) is -1.36. The van der Waals surface area contributed by atoms with Crippen molar-refractivity contribution in [1.82, 2.24) is 16.0 Å². The molecule has 0 saturated carbocycles. The average Bonchev–Trinajstić information content (AvgIpc) is 3.47. The van der Waals surface area contributed by atoms with Gasteiger partial charge in [-0.3, -0.25) is 24.4 Å². The van der Waals surface area contributed by atoms with Gasteiger partial charge in [0.2, 0.25) is 17.7 Å². The van der Waals surface area contributed by atoms with Crippen LogP contribution in [0.4, 0.5) is 0 Å². The summed E-state index contributed by atoms with van der Waals surface area (Å²) in [5.41, 5.74) is 28.4. The van der Waals surface area contributed by atoms with Crippen LogP contribution in [0.5, 0.6) is 0 Å². The van der Waals surface area contributed by atoms with Gasteiger partial charge in [-0.1, -0.05) is 42.5 Å². The standard InChI is InChI=1S/C27H40N10O4/c28-22(38)21(16-17-8-2-1-3-9-17)37-25(41)20(13-7-15-34-27(31)32)36-24(40)19(12-6-14-33-26(29)30)35-23(39)18-10-4-5-11-18/h1-5,8-11,19-21,35,39H,6-7,12-16H2,(H2,28,38)(H,36,40)(H,37,41)(H4,29,30,33)(H4,31,32,34)/t19-,20-,21-/m0/s1. The first kappa shape index (κ1) is 32.2. The van der Waals surface area contributed by atoms with Gasteiger partial charge in [-0.15, -0.1) is 0 Å². The third kappa shape index (κ3) is 12.1. The van der Waals surface area contributed by atoms with E-state index in [1.165, 1.54) is 0 Å². The monoisotopic (exact) mass is 568 g/mol. The summed E-state index contributed by atoms with van der Waals surface area (Å²) >= 11 is 0. The molecule has 14 nitrogen and oxygen atoms in total. The smallest absolute Gasteiger partial charge is 0.243 e. The number of guanidine groups is 2. The number of allylic oxidation sites excluding steroid dienone is 5. The summed E-state index contributed by atoms with van der Waals surface area (Å²) in [5, 5.41) is 18.7. The fourth-order valence-corrected chi connectivity index (χ4v) is 3.94. The van der Waals surface area contributed by atoms with Crippen molar-refractivity contribution < 1.29 is 19.5 Å². The molecule has 0 aliphatic heterocycles. The Morgan fingerprint density at radius 2 is 1.22 bits per heavy atom. The Bertz CT molecular complexity index is 1170. The number of carbonyl (C=O) groups is 3. The molecule has 0 heterocycles. The highest BCUT2D eigenvalue weighted by molar-refractivity contribution is 5.93. The second kappa shape index (κ2) is 16.8. The second-order valence-electron chi connectivity index (χ2n) is 9.33. The molecule has 1 aromatic carbocycles. The van der Waals surface area contributed by atoms with Gasteiger partial charge in [0.1, 0.15) is 18.1 Å². The molecule has 0 spiro atoms. The number of hydrogen-bond donors (Lipinski definition) is 9. The van der Waals surface area contributed by atoms with Crippen molar-refractivity contribution in [3.05, 3.63) is 71.7 Å². The molecule has 3 atom stereocenters. The quantitative estimate of drug-likeness (QED) is 0.0464. The van der Waals surface area contributed by atoms with E-state index in [4.69, 9.17) is 28.7 Å². The maximum Gasteiger partial charge on any atom is 0.243 e. The highest BCUT2D eigenvalue weighted by Crippen LogP contribution is 2.12.